The summed E-state index contributed by atoms with van der Waals surface area (Å²) in [7, 11) is 0. The summed E-state index contributed by atoms with van der Waals surface area (Å²) in [5.74, 6) is 0.581. The molecule has 0 amide bonds. The third-order valence-corrected chi connectivity index (χ3v) is 3.38. The van der Waals surface area contributed by atoms with Gasteiger partial charge in [0.2, 0.25) is 0 Å². The number of benzene rings is 1. The summed E-state index contributed by atoms with van der Waals surface area (Å²) in [6, 6.07) is 12.8. The van der Waals surface area contributed by atoms with Crippen LogP contribution in [0.4, 0.5) is 0 Å². The second-order valence-electron chi connectivity index (χ2n) is 4.55. The molecular formula is C16H20N2. The van der Waals surface area contributed by atoms with Gasteiger partial charge in [-0.3, -0.25) is 4.98 Å². The number of rotatable bonds is 5. The van der Waals surface area contributed by atoms with Crippen molar-refractivity contribution >= 4 is 0 Å². The monoisotopic (exact) mass is 240 g/mol. The quantitative estimate of drug-likeness (QED) is 0.867. The highest BCUT2D eigenvalue weighted by Gasteiger charge is 2.08. The molecular weight excluding hydrogens is 220 g/mol. The summed E-state index contributed by atoms with van der Waals surface area (Å²) < 4.78 is 0. The lowest BCUT2D eigenvalue weighted by atomic mass is 9.92. The van der Waals surface area contributed by atoms with Crippen LogP contribution in [0, 0.1) is 0 Å². The van der Waals surface area contributed by atoms with Gasteiger partial charge in [0.1, 0.15) is 0 Å². The minimum atomic E-state index is 0.581. The van der Waals surface area contributed by atoms with Crippen LogP contribution in [0.15, 0.2) is 48.8 Å². The van der Waals surface area contributed by atoms with Crippen molar-refractivity contribution in [1.82, 2.24) is 4.98 Å². The standard InChI is InChI=1S/C16H20N2/c1-2-13(9-10-17)14-5-7-15(8-6-14)16-4-3-11-18-12-16/h3-8,11-13H,2,9-10,17H2,1H3. The second kappa shape index (κ2) is 6.31. The first-order chi connectivity index (χ1) is 8.85. The van der Waals surface area contributed by atoms with Crippen LogP contribution in [0.1, 0.15) is 31.2 Å². The number of nitrogens with two attached hydrogens (primary N) is 1. The van der Waals surface area contributed by atoms with Crippen molar-refractivity contribution < 1.29 is 0 Å². The van der Waals surface area contributed by atoms with E-state index >= 15 is 0 Å². The van der Waals surface area contributed by atoms with Crippen molar-refractivity contribution in [2.24, 2.45) is 5.73 Å². The van der Waals surface area contributed by atoms with E-state index in [1.807, 2.05) is 12.3 Å². The van der Waals surface area contributed by atoms with E-state index in [-0.39, 0.29) is 0 Å². The Balaban J connectivity index is 2.19. The van der Waals surface area contributed by atoms with Crippen molar-refractivity contribution in [2.75, 3.05) is 6.54 Å². The third-order valence-electron chi connectivity index (χ3n) is 3.38. The Bertz CT molecular complexity index is 462. The summed E-state index contributed by atoms with van der Waals surface area (Å²) in [5, 5.41) is 0. The van der Waals surface area contributed by atoms with Crippen LogP contribution in [-0.2, 0) is 0 Å². The van der Waals surface area contributed by atoms with Gasteiger partial charge in [0.15, 0.2) is 0 Å². The van der Waals surface area contributed by atoms with Crippen LogP contribution < -0.4 is 5.73 Å². The summed E-state index contributed by atoms with van der Waals surface area (Å²) >= 11 is 0. The van der Waals surface area contributed by atoms with Crippen LogP contribution in [0.2, 0.25) is 0 Å². The van der Waals surface area contributed by atoms with E-state index in [0.717, 1.165) is 24.9 Å². The average molecular weight is 240 g/mol. The van der Waals surface area contributed by atoms with Crippen LogP contribution in [0.3, 0.4) is 0 Å². The fraction of sp³-hybridized carbons (Fsp3) is 0.312. The fourth-order valence-electron chi connectivity index (χ4n) is 2.29. The molecule has 0 spiro atoms. The fourth-order valence-corrected chi connectivity index (χ4v) is 2.29. The van der Waals surface area contributed by atoms with Crippen LogP contribution >= 0.6 is 0 Å². The number of hydrogen-bond donors (Lipinski definition) is 1. The highest BCUT2D eigenvalue weighted by atomic mass is 14.6. The zero-order valence-electron chi connectivity index (χ0n) is 10.8. The minimum Gasteiger partial charge on any atom is -0.330 e. The van der Waals surface area contributed by atoms with Crippen molar-refractivity contribution in [2.45, 2.75) is 25.7 Å². The Hall–Kier alpha value is -1.67. The van der Waals surface area contributed by atoms with Gasteiger partial charge in [0.25, 0.3) is 0 Å². The first-order valence-electron chi connectivity index (χ1n) is 6.55. The zero-order chi connectivity index (χ0) is 12.8. The molecule has 1 heterocycles. The van der Waals surface area contributed by atoms with Crippen molar-refractivity contribution in [3.8, 4) is 11.1 Å². The van der Waals surface area contributed by atoms with Gasteiger partial charge >= 0.3 is 0 Å². The van der Waals surface area contributed by atoms with Gasteiger partial charge in [-0.2, -0.15) is 0 Å². The van der Waals surface area contributed by atoms with Crippen LogP contribution in [0.5, 0.6) is 0 Å². The van der Waals surface area contributed by atoms with Gasteiger partial charge in [0.05, 0.1) is 0 Å². The van der Waals surface area contributed by atoms with Gasteiger partial charge in [0, 0.05) is 12.4 Å². The van der Waals surface area contributed by atoms with E-state index in [1.54, 1.807) is 6.20 Å². The van der Waals surface area contributed by atoms with E-state index in [2.05, 4.69) is 42.2 Å². The smallest absolute Gasteiger partial charge is 0.0346 e. The molecule has 0 bridgehead atoms. The first kappa shape index (κ1) is 12.8. The maximum Gasteiger partial charge on any atom is 0.0346 e. The molecule has 0 fully saturated rings. The molecule has 2 heteroatoms. The molecule has 1 aromatic carbocycles. The van der Waals surface area contributed by atoms with Gasteiger partial charge in [-0.15, -0.1) is 0 Å². The molecule has 0 aliphatic heterocycles. The van der Waals surface area contributed by atoms with E-state index < -0.39 is 0 Å². The van der Waals surface area contributed by atoms with Gasteiger partial charge in [-0.25, -0.2) is 0 Å². The first-order valence-corrected chi connectivity index (χ1v) is 6.55. The summed E-state index contributed by atoms with van der Waals surface area (Å²) in [5.41, 5.74) is 9.42. The Kier molecular flexibility index (Phi) is 4.48. The molecule has 1 atom stereocenters. The lowest BCUT2D eigenvalue weighted by Crippen LogP contribution is -2.06. The van der Waals surface area contributed by atoms with Crippen molar-refractivity contribution in [1.29, 1.82) is 0 Å². The van der Waals surface area contributed by atoms with Gasteiger partial charge < -0.3 is 5.73 Å². The van der Waals surface area contributed by atoms with E-state index in [1.165, 1.54) is 11.1 Å². The Labute approximate surface area is 109 Å². The normalized spacial score (nSPS) is 12.3. The van der Waals surface area contributed by atoms with E-state index in [4.69, 9.17) is 5.73 Å². The molecule has 0 aliphatic carbocycles. The molecule has 0 radical (unpaired) electrons. The topological polar surface area (TPSA) is 38.9 Å². The van der Waals surface area contributed by atoms with Gasteiger partial charge in [-0.05, 0) is 48.1 Å². The molecule has 18 heavy (non-hydrogen) atoms. The highest BCUT2D eigenvalue weighted by Crippen LogP contribution is 2.25. The average Bonchev–Trinajstić information content (AvgIpc) is 2.46. The lowest BCUT2D eigenvalue weighted by Gasteiger charge is -2.14. The Morgan fingerprint density at radius 3 is 2.44 bits per heavy atom. The molecule has 94 valence electrons. The van der Waals surface area contributed by atoms with Gasteiger partial charge in [-0.1, -0.05) is 37.3 Å². The maximum atomic E-state index is 5.66. The molecule has 2 nitrogen and oxygen atoms in total. The summed E-state index contributed by atoms with van der Waals surface area (Å²) in [6.45, 7) is 2.97. The van der Waals surface area contributed by atoms with Crippen molar-refractivity contribution in [3.63, 3.8) is 0 Å². The zero-order valence-corrected chi connectivity index (χ0v) is 10.8. The summed E-state index contributed by atoms with van der Waals surface area (Å²) in [6.07, 6.45) is 5.89. The molecule has 2 rings (SSSR count). The number of nitrogens with zero attached hydrogens (tertiary/aromatic N) is 1. The predicted molar refractivity (Wildman–Crippen MR) is 76.4 cm³/mol. The Morgan fingerprint density at radius 1 is 1.11 bits per heavy atom. The minimum absolute atomic E-state index is 0.581. The maximum absolute atomic E-state index is 5.66. The largest absolute Gasteiger partial charge is 0.330 e. The SMILES string of the molecule is CCC(CCN)c1ccc(-c2cccnc2)cc1. The predicted octanol–water partition coefficient (Wildman–Crippen LogP) is 3.59. The van der Waals surface area contributed by atoms with Crippen molar-refractivity contribution in [3.05, 3.63) is 54.4 Å². The number of pyridine rings is 1. The molecule has 2 aromatic rings. The second-order valence-corrected chi connectivity index (χ2v) is 4.55. The highest BCUT2D eigenvalue weighted by molar-refractivity contribution is 5.62. The molecule has 0 saturated carbocycles. The third kappa shape index (κ3) is 2.96. The number of aromatic nitrogens is 1. The molecule has 0 saturated heterocycles. The molecule has 2 N–H and O–H groups in total. The lowest BCUT2D eigenvalue weighted by molar-refractivity contribution is 0.614. The molecule has 0 aliphatic rings. The van der Waals surface area contributed by atoms with Crippen LogP contribution in [-0.4, -0.2) is 11.5 Å². The Morgan fingerprint density at radius 2 is 1.89 bits per heavy atom. The number of hydrogen-bond acceptors (Lipinski definition) is 2. The van der Waals surface area contributed by atoms with E-state index in [0.29, 0.717) is 5.92 Å². The summed E-state index contributed by atoms with van der Waals surface area (Å²) in [4.78, 5) is 4.15. The molecule has 1 aromatic heterocycles. The van der Waals surface area contributed by atoms with E-state index in [9.17, 15) is 0 Å². The molecule has 1 unspecified atom stereocenters. The van der Waals surface area contributed by atoms with Crippen LogP contribution in [0.25, 0.3) is 11.1 Å².